The van der Waals surface area contributed by atoms with Gasteiger partial charge in [0.05, 0.1) is 18.6 Å². The Morgan fingerprint density at radius 1 is 1.30 bits per heavy atom. The highest BCUT2D eigenvalue weighted by Crippen LogP contribution is 2.23. The van der Waals surface area contributed by atoms with Crippen LogP contribution in [0.15, 0.2) is 6.07 Å². The van der Waals surface area contributed by atoms with Crippen molar-refractivity contribution in [2.24, 2.45) is 5.92 Å². The molecule has 2 rings (SSSR count). The van der Waals surface area contributed by atoms with Crippen LogP contribution in [-0.4, -0.2) is 47.2 Å². The Bertz CT molecular complexity index is 531. The quantitative estimate of drug-likeness (QED) is 0.778. The number of nitrogens with zero attached hydrogens (tertiary/aromatic N) is 3. The number of hydrogen-bond acceptors (Lipinski definition) is 5. The molecule has 1 fully saturated rings. The third kappa shape index (κ3) is 3.19. The second-order valence-corrected chi connectivity index (χ2v) is 5.21. The predicted octanol–water partition coefficient (Wildman–Crippen LogP) is 1.81. The van der Waals surface area contributed by atoms with Crippen molar-refractivity contribution in [3.05, 3.63) is 21.9 Å². The zero-order valence-corrected chi connectivity index (χ0v) is 12.3. The Hall–Kier alpha value is -1.40. The first kappa shape index (κ1) is 15.0. The Labute approximate surface area is 126 Å². The highest BCUT2D eigenvalue weighted by Gasteiger charge is 2.29. The molecule has 1 aliphatic heterocycles. The lowest BCUT2D eigenvalue weighted by molar-refractivity contribution is -0.146. The maximum Gasteiger partial charge on any atom is 0.308 e. The Kier molecular flexibility index (Phi) is 4.77. The zero-order valence-electron chi connectivity index (χ0n) is 10.8. The molecule has 0 aromatic carbocycles. The van der Waals surface area contributed by atoms with Gasteiger partial charge in [0.15, 0.2) is 10.3 Å². The minimum Gasteiger partial charge on any atom is -0.469 e. The third-order valence-corrected chi connectivity index (χ3v) is 3.73. The summed E-state index contributed by atoms with van der Waals surface area (Å²) in [6, 6.07) is 1.39. The van der Waals surface area contributed by atoms with E-state index in [1.807, 2.05) is 0 Å². The summed E-state index contributed by atoms with van der Waals surface area (Å²) in [6.07, 6.45) is 1.14. The molecule has 1 saturated heterocycles. The number of carbonyl (C=O) groups excluding carboxylic acids is 2. The fourth-order valence-corrected chi connectivity index (χ4v) is 2.48. The van der Waals surface area contributed by atoms with Crippen LogP contribution in [0.4, 0.5) is 0 Å². The van der Waals surface area contributed by atoms with Crippen molar-refractivity contribution in [3.8, 4) is 0 Å². The number of esters is 1. The third-order valence-electron chi connectivity index (χ3n) is 3.27. The van der Waals surface area contributed by atoms with Crippen LogP contribution in [0.3, 0.4) is 0 Å². The van der Waals surface area contributed by atoms with Gasteiger partial charge >= 0.3 is 5.97 Å². The number of methoxy groups -OCH3 is 1. The Morgan fingerprint density at radius 2 is 1.95 bits per heavy atom. The molecule has 20 heavy (non-hydrogen) atoms. The van der Waals surface area contributed by atoms with E-state index >= 15 is 0 Å². The van der Waals surface area contributed by atoms with Gasteiger partial charge in [0.2, 0.25) is 0 Å². The average Bonchev–Trinajstić information content (AvgIpc) is 2.48. The summed E-state index contributed by atoms with van der Waals surface area (Å²) < 4.78 is 4.71. The molecule has 0 bridgehead atoms. The van der Waals surface area contributed by atoms with Gasteiger partial charge in [0, 0.05) is 13.1 Å². The van der Waals surface area contributed by atoms with Gasteiger partial charge in [0.25, 0.3) is 5.91 Å². The Balaban J connectivity index is 2.05. The van der Waals surface area contributed by atoms with E-state index in [-0.39, 0.29) is 33.7 Å². The lowest BCUT2D eigenvalue weighted by atomic mass is 9.96. The lowest BCUT2D eigenvalue weighted by Crippen LogP contribution is -2.40. The van der Waals surface area contributed by atoms with Crippen LogP contribution < -0.4 is 0 Å². The molecule has 0 spiro atoms. The molecule has 0 N–H and O–H groups in total. The fraction of sp³-hybridized carbons (Fsp3) is 0.500. The number of piperidine rings is 1. The molecule has 2 heterocycles. The molecular weight excluding hydrogens is 305 g/mol. The number of hydrogen-bond donors (Lipinski definition) is 0. The average molecular weight is 318 g/mol. The van der Waals surface area contributed by atoms with E-state index in [9.17, 15) is 9.59 Å². The summed E-state index contributed by atoms with van der Waals surface area (Å²) in [6.45, 7) is 0.934. The number of likely N-dealkylation sites (tertiary alicyclic amines) is 1. The highest BCUT2D eigenvalue weighted by atomic mass is 35.5. The first-order valence-electron chi connectivity index (χ1n) is 6.08. The predicted molar refractivity (Wildman–Crippen MR) is 72.7 cm³/mol. The van der Waals surface area contributed by atoms with E-state index in [1.165, 1.54) is 13.2 Å². The minimum atomic E-state index is -0.255. The summed E-state index contributed by atoms with van der Waals surface area (Å²) in [5, 5.41) is 7.31. The van der Waals surface area contributed by atoms with E-state index in [4.69, 9.17) is 27.9 Å². The van der Waals surface area contributed by atoms with Gasteiger partial charge in [-0.1, -0.05) is 23.2 Å². The van der Waals surface area contributed by atoms with E-state index in [0.717, 1.165) is 0 Å². The van der Waals surface area contributed by atoms with Crippen LogP contribution in [0.25, 0.3) is 0 Å². The molecule has 1 amide bonds. The van der Waals surface area contributed by atoms with Crippen LogP contribution >= 0.6 is 23.2 Å². The zero-order chi connectivity index (χ0) is 14.7. The molecule has 0 saturated carbocycles. The monoisotopic (exact) mass is 317 g/mol. The molecule has 1 aliphatic rings. The molecule has 1 aromatic rings. The summed E-state index contributed by atoms with van der Waals surface area (Å²) in [5.41, 5.74) is 0.225. The second-order valence-electron chi connectivity index (χ2n) is 4.46. The molecule has 8 heteroatoms. The van der Waals surface area contributed by atoms with Gasteiger partial charge in [0.1, 0.15) is 0 Å². The van der Waals surface area contributed by atoms with Crippen molar-refractivity contribution in [1.82, 2.24) is 15.1 Å². The maximum atomic E-state index is 12.3. The standard InChI is InChI=1S/C12H13Cl2N3O3/c1-20-12(19)7-2-4-17(5-3-7)11(18)8-6-9(13)15-16-10(8)14/h6-7H,2-5H2,1H3. The summed E-state index contributed by atoms with van der Waals surface area (Å²) >= 11 is 11.6. The van der Waals surface area contributed by atoms with Gasteiger partial charge < -0.3 is 9.64 Å². The second kappa shape index (κ2) is 6.37. The largest absolute Gasteiger partial charge is 0.469 e. The van der Waals surface area contributed by atoms with Crippen LogP contribution in [0.1, 0.15) is 23.2 Å². The van der Waals surface area contributed by atoms with Crippen molar-refractivity contribution >= 4 is 35.1 Å². The highest BCUT2D eigenvalue weighted by molar-refractivity contribution is 6.34. The number of carbonyl (C=O) groups is 2. The van der Waals surface area contributed by atoms with Crippen molar-refractivity contribution in [1.29, 1.82) is 0 Å². The van der Waals surface area contributed by atoms with Crippen molar-refractivity contribution in [2.75, 3.05) is 20.2 Å². The number of halogens is 2. The van der Waals surface area contributed by atoms with Gasteiger partial charge in [-0.3, -0.25) is 9.59 Å². The van der Waals surface area contributed by atoms with E-state index < -0.39 is 0 Å². The maximum absolute atomic E-state index is 12.3. The minimum absolute atomic E-state index is 0.0227. The van der Waals surface area contributed by atoms with E-state index in [1.54, 1.807) is 4.90 Å². The van der Waals surface area contributed by atoms with Crippen LogP contribution in [0, 0.1) is 5.92 Å². The molecule has 0 unspecified atom stereocenters. The smallest absolute Gasteiger partial charge is 0.308 e. The fourth-order valence-electron chi connectivity index (χ4n) is 2.16. The Morgan fingerprint density at radius 3 is 2.55 bits per heavy atom. The topological polar surface area (TPSA) is 72.4 Å². The first-order valence-corrected chi connectivity index (χ1v) is 6.84. The molecule has 1 aromatic heterocycles. The first-order chi connectivity index (χ1) is 9.52. The summed E-state index contributed by atoms with van der Waals surface area (Å²) in [5.74, 6) is -0.641. The molecule has 0 atom stereocenters. The number of rotatable bonds is 2. The summed E-state index contributed by atoms with van der Waals surface area (Å²) in [7, 11) is 1.37. The molecule has 6 nitrogen and oxygen atoms in total. The van der Waals surface area contributed by atoms with Crippen LogP contribution in [0.5, 0.6) is 0 Å². The molecule has 0 radical (unpaired) electrons. The van der Waals surface area contributed by atoms with Gasteiger partial charge in [-0.15, -0.1) is 10.2 Å². The van der Waals surface area contributed by atoms with Crippen molar-refractivity contribution < 1.29 is 14.3 Å². The molecule has 0 aliphatic carbocycles. The van der Waals surface area contributed by atoms with Crippen LogP contribution in [0.2, 0.25) is 10.3 Å². The van der Waals surface area contributed by atoms with Crippen LogP contribution in [-0.2, 0) is 9.53 Å². The lowest BCUT2D eigenvalue weighted by Gasteiger charge is -2.30. The van der Waals surface area contributed by atoms with E-state index in [0.29, 0.717) is 25.9 Å². The van der Waals surface area contributed by atoms with E-state index in [2.05, 4.69) is 10.2 Å². The number of aromatic nitrogens is 2. The molecular formula is C12H13Cl2N3O3. The van der Waals surface area contributed by atoms with Gasteiger partial charge in [-0.25, -0.2) is 0 Å². The normalized spacial score (nSPS) is 16.1. The number of amides is 1. The van der Waals surface area contributed by atoms with Crippen molar-refractivity contribution in [2.45, 2.75) is 12.8 Å². The number of ether oxygens (including phenoxy) is 1. The molecule has 108 valence electrons. The van der Waals surface area contributed by atoms with Gasteiger partial charge in [-0.2, -0.15) is 0 Å². The SMILES string of the molecule is COC(=O)C1CCN(C(=O)c2cc(Cl)nnc2Cl)CC1. The van der Waals surface area contributed by atoms with Gasteiger partial charge in [-0.05, 0) is 18.9 Å². The van der Waals surface area contributed by atoms with Crippen molar-refractivity contribution in [3.63, 3.8) is 0 Å². The summed E-state index contributed by atoms with van der Waals surface area (Å²) in [4.78, 5) is 25.4.